The smallest absolute Gasteiger partial charge is 0.0386 e. The van der Waals surface area contributed by atoms with E-state index in [9.17, 15) is 0 Å². The summed E-state index contributed by atoms with van der Waals surface area (Å²) in [6.07, 6.45) is 9.24. The monoisotopic (exact) mass is 138 g/mol. The third-order valence-electron chi connectivity index (χ3n) is 3.66. The number of rotatable bonds is 0. The molecular formula is C10H18. The van der Waals surface area contributed by atoms with Crippen LogP contribution in [-0.2, 0) is 0 Å². The van der Waals surface area contributed by atoms with E-state index in [1.54, 1.807) is 25.7 Å². The third kappa shape index (κ3) is 1.09. The van der Waals surface area contributed by atoms with Crippen molar-refractivity contribution in [2.45, 2.75) is 45.4 Å². The average Bonchev–Trinajstić information content (AvgIpc) is 2.27. The lowest BCUT2D eigenvalue weighted by Crippen LogP contribution is -2.05. The maximum atomic E-state index is 2.46. The fourth-order valence-corrected chi connectivity index (χ4v) is 2.86. The summed E-state index contributed by atoms with van der Waals surface area (Å²) in [5.41, 5.74) is 0. The highest BCUT2D eigenvalue weighted by molar-refractivity contribution is 4.82. The van der Waals surface area contributed by atoms with E-state index < -0.39 is 0 Å². The van der Waals surface area contributed by atoms with Crippen LogP contribution in [0.25, 0.3) is 0 Å². The second-order valence-electron chi connectivity index (χ2n) is 4.35. The summed E-state index contributed by atoms with van der Waals surface area (Å²) in [7, 11) is 0. The van der Waals surface area contributed by atoms with Crippen LogP contribution in [0.4, 0.5) is 0 Å². The van der Waals surface area contributed by atoms with E-state index in [1.165, 1.54) is 12.8 Å². The molecule has 0 heterocycles. The van der Waals surface area contributed by atoms with Crippen LogP contribution in [0.2, 0.25) is 0 Å². The first-order valence-corrected chi connectivity index (χ1v) is 4.86. The minimum atomic E-state index is 1.05. The molecule has 0 aliphatic heterocycles. The summed E-state index contributed by atoms with van der Waals surface area (Å²) in [5, 5.41) is 0. The van der Waals surface area contributed by atoms with Gasteiger partial charge in [-0.3, -0.25) is 0 Å². The molecule has 0 N–H and O–H groups in total. The highest BCUT2D eigenvalue weighted by Gasteiger charge is 2.30. The van der Waals surface area contributed by atoms with Gasteiger partial charge in [-0.25, -0.2) is 0 Å². The number of fused-ring (bicyclic) bond motifs is 2. The standard InChI is InChI=1S/C10H18/c1-8-3-2-4-9-5-6-10(8)7-9/h8-10H,2-7H2,1H3. The summed E-state index contributed by atoms with van der Waals surface area (Å²) < 4.78 is 0. The molecule has 2 bridgehead atoms. The predicted molar refractivity (Wildman–Crippen MR) is 43.8 cm³/mol. The van der Waals surface area contributed by atoms with Crippen LogP contribution >= 0.6 is 0 Å². The Morgan fingerprint density at radius 2 is 1.90 bits per heavy atom. The molecule has 58 valence electrons. The number of hydrogen-bond donors (Lipinski definition) is 0. The highest BCUT2D eigenvalue weighted by atomic mass is 14.4. The molecule has 0 amide bonds. The fraction of sp³-hybridized carbons (Fsp3) is 1.00. The fourth-order valence-electron chi connectivity index (χ4n) is 2.86. The lowest BCUT2D eigenvalue weighted by molar-refractivity contribution is 0.352. The van der Waals surface area contributed by atoms with Crippen LogP contribution in [0.5, 0.6) is 0 Å². The van der Waals surface area contributed by atoms with Crippen molar-refractivity contribution in [3.8, 4) is 0 Å². The van der Waals surface area contributed by atoms with E-state index in [0.29, 0.717) is 0 Å². The minimum Gasteiger partial charge on any atom is -0.0622 e. The Morgan fingerprint density at radius 1 is 1.00 bits per heavy atom. The summed E-state index contributed by atoms with van der Waals surface area (Å²) in [4.78, 5) is 0. The molecule has 10 heavy (non-hydrogen) atoms. The van der Waals surface area contributed by atoms with Crippen LogP contribution in [0, 0.1) is 17.8 Å². The lowest BCUT2D eigenvalue weighted by atomic mass is 9.90. The second-order valence-corrected chi connectivity index (χ2v) is 4.35. The quantitative estimate of drug-likeness (QED) is 0.482. The average molecular weight is 138 g/mol. The molecule has 2 rings (SSSR count). The zero-order valence-electron chi connectivity index (χ0n) is 6.97. The van der Waals surface area contributed by atoms with Crippen molar-refractivity contribution in [1.29, 1.82) is 0 Å². The Bertz CT molecular complexity index is 117. The molecule has 0 saturated heterocycles. The molecule has 0 heteroatoms. The van der Waals surface area contributed by atoms with E-state index in [-0.39, 0.29) is 0 Å². The van der Waals surface area contributed by atoms with Crippen LogP contribution in [0.1, 0.15) is 45.4 Å². The second kappa shape index (κ2) is 2.56. The van der Waals surface area contributed by atoms with Crippen molar-refractivity contribution in [2.75, 3.05) is 0 Å². The SMILES string of the molecule is CC1CCCC2CCC1C2. The molecule has 0 aromatic heterocycles. The van der Waals surface area contributed by atoms with E-state index in [2.05, 4.69) is 6.92 Å². The van der Waals surface area contributed by atoms with Gasteiger partial charge in [-0.1, -0.05) is 32.6 Å². The van der Waals surface area contributed by atoms with Crippen molar-refractivity contribution < 1.29 is 0 Å². The van der Waals surface area contributed by atoms with Gasteiger partial charge in [0.1, 0.15) is 0 Å². The minimum absolute atomic E-state index is 1.05. The predicted octanol–water partition coefficient (Wildman–Crippen LogP) is 3.22. The topological polar surface area (TPSA) is 0 Å². The van der Waals surface area contributed by atoms with E-state index in [4.69, 9.17) is 0 Å². The summed E-state index contributed by atoms with van der Waals surface area (Å²) in [6.45, 7) is 2.46. The zero-order chi connectivity index (χ0) is 6.97. The third-order valence-corrected chi connectivity index (χ3v) is 3.66. The van der Waals surface area contributed by atoms with Crippen molar-refractivity contribution in [2.24, 2.45) is 17.8 Å². The van der Waals surface area contributed by atoms with Gasteiger partial charge >= 0.3 is 0 Å². The Balaban J connectivity index is 2.03. The maximum Gasteiger partial charge on any atom is -0.0386 e. The largest absolute Gasteiger partial charge is 0.0622 e. The van der Waals surface area contributed by atoms with Crippen molar-refractivity contribution in [1.82, 2.24) is 0 Å². The van der Waals surface area contributed by atoms with Crippen LogP contribution in [-0.4, -0.2) is 0 Å². The molecule has 0 aromatic rings. The summed E-state index contributed by atoms with van der Waals surface area (Å²) in [5.74, 6) is 3.30. The van der Waals surface area contributed by atoms with Gasteiger partial charge < -0.3 is 0 Å². The molecule has 0 spiro atoms. The highest BCUT2D eigenvalue weighted by Crippen LogP contribution is 2.42. The molecule has 0 nitrogen and oxygen atoms in total. The molecule has 2 aliphatic rings. The first-order valence-electron chi connectivity index (χ1n) is 4.86. The van der Waals surface area contributed by atoms with Gasteiger partial charge in [-0.05, 0) is 30.6 Å². The Morgan fingerprint density at radius 3 is 2.80 bits per heavy atom. The van der Waals surface area contributed by atoms with Gasteiger partial charge in [0.2, 0.25) is 0 Å². The van der Waals surface area contributed by atoms with Gasteiger partial charge in [0.05, 0.1) is 0 Å². The molecule has 3 unspecified atom stereocenters. The molecule has 0 aromatic carbocycles. The molecule has 0 radical (unpaired) electrons. The summed E-state index contributed by atoms with van der Waals surface area (Å²) in [6, 6.07) is 0. The molecule has 2 fully saturated rings. The first kappa shape index (κ1) is 6.69. The van der Waals surface area contributed by atoms with E-state index >= 15 is 0 Å². The van der Waals surface area contributed by atoms with Gasteiger partial charge in [0.15, 0.2) is 0 Å². The van der Waals surface area contributed by atoms with E-state index in [0.717, 1.165) is 17.8 Å². The first-order chi connectivity index (χ1) is 4.86. The van der Waals surface area contributed by atoms with Crippen molar-refractivity contribution in [3.05, 3.63) is 0 Å². The van der Waals surface area contributed by atoms with Crippen LogP contribution < -0.4 is 0 Å². The van der Waals surface area contributed by atoms with Gasteiger partial charge in [0, 0.05) is 0 Å². The Kier molecular flexibility index (Phi) is 1.71. The van der Waals surface area contributed by atoms with Crippen LogP contribution in [0.15, 0.2) is 0 Å². The molecule has 3 atom stereocenters. The molecule has 2 aliphatic carbocycles. The molecule has 2 saturated carbocycles. The van der Waals surface area contributed by atoms with Gasteiger partial charge in [-0.15, -0.1) is 0 Å². The summed E-state index contributed by atoms with van der Waals surface area (Å²) >= 11 is 0. The Hall–Kier alpha value is 0. The van der Waals surface area contributed by atoms with Crippen molar-refractivity contribution in [3.63, 3.8) is 0 Å². The van der Waals surface area contributed by atoms with E-state index in [1.807, 2.05) is 0 Å². The lowest BCUT2D eigenvalue weighted by Gasteiger charge is -2.16. The number of hydrogen-bond acceptors (Lipinski definition) is 0. The molecular weight excluding hydrogens is 120 g/mol. The van der Waals surface area contributed by atoms with Crippen LogP contribution in [0.3, 0.4) is 0 Å². The van der Waals surface area contributed by atoms with Gasteiger partial charge in [-0.2, -0.15) is 0 Å². The van der Waals surface area contributed by atoms with Crippen molar-refractivity contribution >= 4 is 0 Å². The normalized spacial score (nSPS) is 47.1. The zero-order valence-corrected chi connectivity index (χ0v) is 6.97. The Labute approximate surface area is 64.0 Å². The maximum absolute atomic E-state index is 2.46. The van der Waals surface area contributed by atoms with Gasteiger partial charge in [0.25, 0.3) is 0 Å².